The van der Waals surface area contributed by atoms with Gasteiger partial charge in [0.15, 0.2) is 0 Å². The van der Waals surface area contributed by atoms with E-state index in [9.17, 15) is 9.59 Å². The molecular weight excluding hydrogens is 298 g/mol. The topological polar surface area (TPSA) is 71.1 Å². The quantitative estimate of drug-likeness (QED) is 0.679. The molecule has 2 saturated heterocycles. The number of morpholine rings is 1. The summed E-state index contributed by atoms with van der Waals surface area (Å²) in [6, 6.07) is -0.280. The van der Waals surface area contributed by atoms with Crippen LogP contribution in [0.5, 0.6) is 0 Å². The van der Waals surface area contributed by atoms with E-state index in [-0.39, 0.29) is 23.5 Å². The number of nitrogens with zero attached hydrogens (tertiary/aromatic N) is 2. The van der Waals surface area contributed by atoms with Gasteiger partial charge in [0.25, 0.3) is 0 Å². The number of amides is 2. The summed E-state index contributed by atoms with van der Waals surface area (Å²) in [6.07, 6.45) is 0.580. The fraction of sp³-hybridized carbons (Fsp3) is 0.875. The van der Waals surface area contributed by atoms with Crippen molar-refractivity contribution < 1.29 is 19.1 Å². The lowest BCUT2D eigenvalue weighted by Gasteiger charge is -2.54. The predicted octanol–water partition coefficient (Wildman–Crippen LogP) is -0.293. The van der Waals surface area contributed by atoms with E-state index in [4.69, 9.17) is 9.47 Å². The first-order valence-corrected chi connectivity index (χ1v) is 8.25. The molecule has 0 aromatic rings. The zero-order valence-corrected chi connectivity index (χ0v) is 14.6. The molecule has 0 aliphatic carbocycles. The van der Waals surface area contributed by atoms with Crippen LogP contribution in [0.2, 0.25) is 0 Å². The molecule has 2 amide bonds. The number of ether oxygens (including phenoxy) is 2. The average Bonchev–Trinajstić information content (AvgIpc) is 2.43. The van der Waals surface area contributed by atoms with Crippen molar-refractivity contribution in [3.05, 3.63) is 0 Å². The second-order valence-electron chi connectivity index (χ2n) is 7.06. The Bertz CT molecular complexity index is 435. The van der Waals surface area contributed by atoms with Gasteiger partial charge in [-0.2, -0.15) is 0 Å². The molecule has 0 saturated carbocycles. The third kappa shape index (κ3) is 4.43. The highest BCUT2D eigenvalue weighted by atomic mass is 16.5. The number of rotatable bonds is 6. The summed E-state index contributed by atoms with van der Waals surface area (Å²) >= 11 is 0. The van der Waals surface area contributed by atoms with E-state index in [0.717, 1.165) is 0 Å². The molecule has 7 heteroatoms. The van der Waals surface area contributed by atoms with Gasteiger partial charge in [-0.15, -0.1) is 0 Å². The molecule has 0 radical (unpaired) electrons. The highest BCUT2D eigenvalue weighted by Gasteiger charge is 2.51. The average molecular weight is 327 g/mol. The lowest BCUT2D eigenvalue weighted by Crippen LogP contribution is -2.73. The zero-order valence-electron chi connectivity index (χ0n) is 14.6. The van der Waals surface area contributed by atoms with Gasteiger partial charge in [-0.1, -0.05) is 13.8 Å². The predicted molar refractivity (Wildman–Crippen MR) is 86.0 cm³/mol. The van der Waals surface area contributed by atoms with E-state index in [2.05, 4.69) is 5.32 Å². The van der Waals surface area contributed by atoms with Crippen LogP contribution in [-0.4, -0.2) is 86.8 Å². The molecule has 1 spiro atoms. The Balaban J connectivity index is 1.79. The van der Waals surface area contributed by atoms with E-state index >= 15 is 0 Å². The van der Waals surface area contributed by atoms with Crippen LogP contribution in [0.15, 0.2) is 0 Å². The van der Waals surface area contributed by atoms with Crippen LogP contribution >= 0.6 is 0 Å². The number of nitrogens with one attached hydrogen (secondary N) is 1. The van der Waals surface area contributed by atoms with Gasteiger partial charge < -0.3 is 19.7 Å². The van der Waals surface area contributed by atoms with E-state index in [1.54, 1.807) is 7.11 Å². The van der Waals surface area contributed by atoms with Crippen molar-refractivity contribution in [2.75, 3.05) is 53.6 Å². The fourth-order valence-corrected chi connectivity index (χ4v) is 3.16. The van der Waals surface area contributed by atoms with Gasteiger partial charge in [0.2, 0.25) is 11.8 Å². The smallest absolute Gasteiger partial charge is 0.239 e. The van der Waals surface area contributed by atoms with Crippen LogP contribution < -0.4 is 5.32 Å². The SMILES string of the molecule is COCCNC(=O)[C@@H]1COC2(CN(C(=O)CC(C)C)C2)CN1C. The third-order valence-electron chi connectivity index (χ3n) is 4.42. The van der Waals surface area contributed by atoms with E-state index in [1.165, 1.54) is 0 Å². The Kier molecular flexibility index (Phi) is 6.00. The van der Waals surface area contributed by atoms with Crippen LogP contribution in [0, 0.1) is 5.92 Å². The standard InChI is InChI=1S/C16H29N3O4/c1-12(2)7-14(20)19-10-16(11-19)9-18(3)13(8-23-16)15(21)17-5-6-22-4/h12-13H,5-11H2,1-4H3,(H,17,21)/t13-/m0/s1. The Labute approximate surface area is 138 Å². The fourth-order valence-electron chi connectivity index (χ4n) is 3.16. The molecule has 0 aromatic carbocycles. The minimum atomic E-state index is -0.301. The monoisotopic (exact) mass is 327 g/mol. The van der Waals surface area contributed by atoms with Gasteiger partial charge in [-0.25, -0.2) is 0 Å². The van der Waals surface area contributed by atoms with Crippen LogP contribution in [0.25, 0.3) is 0 Å². The molecule has 2 heterocycles. The number of hydrogen-bond acceptors (Lipinski definition) is 5. The molecule has 2 aliphatic rings. The van der Waals surface area contributed by atoms with Crippen molar-refractivity contribution >= 4 is 11.8 Å². The maximum absolute atomic E-state index is 12.1. The number of likely N-dealkylation sites (tertiary alicyclic amines) is 1. The lowest BCUT2D eigenvalue weighted by molar-refractivity contribution is -0.201. The van der Waals surface area contributed by atoms with Gasteiger partial charge in [0.05, 0.1) is 26.3 Å². The summed E-state index contributed by atoms with van der Waals surface area (Å²) in [4.78, 5) is 28.1. The molecule has 0 unspecified atom stereocenters. The van der Waals surface area contributed by atoms with Crippen LogP contribution in [-0.2, 0) is 19.1 Å². The first-order chi connectivity index (χ1) is 10.9. The van der Waals surface area contributed by atoms with Gasteiger partial charge in [-0.3, -0.25) is 14.5 Å². The minimum Gasteiger partial charge on any atom is -0.383 e. The molecule has 2 fully saturated rings. The Morgan fingerprint density at radius 1 is 1.35 bits per heavy atom. The third-order valence-corrected chi connectivity index (χ3v) is 4.42. The largest absolute Gasteiger partial charge is 0.383 e. The highest BCUT2D eigenvalue weighted by molar-refractivity contribution is 5.82. The Morgan fingerprint density at radius 2 is 2.04 bits per heavy atom. The van der Waals surface area contributed by atoms with E-state index in [1.807, 2.05) is 30.7 Å². The molecular formula is C16H29N3O4. The second kappa shape index (κ2) is 7.59. The summed E-state index contributed by atoms with van der Waals surface area (Å²) in [7, 11) is 3.54. The van der Waals surface area contributed by atoms with Gasteiger partial charge in [-0.05, 0) is 13.0 Å². The molecule has 0 bridgehead atoms. The summed E-state index contributed by atoms with van der Waals surface area (Å²) in [5, 5.41) is 2.85. The zero-order chi connectivity index (χ0) is 17.0. The van der Waals surface area contributed by atoms with Crippen molar-refractivity contribution in [1.82, 2.24) is 15.1 Å². The van der Waals surface area contributed by atoms with Crippen LogP contribution in [0.3, 0.4) is 0 Å². The molecule has 132 valence electrons. The molecule has 1 N–H and O–H groups in total. The van der Waals surface area contributed by atoms with Gasteiger partial charge in [0.1, 0.15) is 11.6 Å². The highest BCUT2D eigenvalue weighted by Crippen LogP contribution is 2.31. The number of carbonyl (C=O) groups excluding carboxylic acids is 2. The molecule has 2 rings (SSSR count). The maximum Gasteiger partial charge on any atom is 0.239 e. The van der Waals surface area contributed by atoms with Gasteiger partial charge >= 0.3 is 0 Å². The van der Waals surface area contributed by atoms with Crippen molar-refractivity contribution in [1.29, 1.82) is 0 Å². The number of methoxy groups -OCH3 is 1. The van der Waals surface area contributed by atoms with E-state index < -0.39 is 0 Å². The van der Waals surface area contributed by atoms with Crippen molar-refractivity contribution in [3.63, 3.8) is 0 Å². The number of likely N-dealkylation sites (N-methyl/N-ethyl adjacent to an activating group) is 1. The van der Waals surface area contributed by atoms with Crippen molar-refractivity contribution in [3.8, 4) is 0 Å². The summed E-state index contributed by atoms with van der Waals surface area (Å²) in [6.45, 7) is 7.38. The molecule has 2 aliphatic heterocycles. The van der Waals surface area contributed by atoms with E-state index in [0.29, 0.717) is 51.7 Å². The Morgan fingerprint density at radius 3 is 2.61 bits per heavy atom. The maximum atomic E-state index is 12.1. The Hall–Kier alpha value is -1.18. The second-order valence-corrected chi connectivity index (χ2v) is 7.06. The molecule has 7 nitrogen and oxygen atoms in total. The minimum absolute atomic E-state index is 0.0357. The normalized spacial score (nSPS) is 23.9. The summed E-state index contributed by atoms with van der Waals surface area (Å²) in [5.74, 6) is 0.525. The van der Waals surface area contributed by atoms with Crippen LogP contribution in [0.1, 0.15) is 20.3 Å². The lowest BCUT2D eigenvalue weighted by atomic mass is 9.90. The first-order valence-electron chi connectivity index (χ1n) is 8.25. The van der Waals surface area contributed by atoms with Crippen molar-refractivity contribution in [2.24, 2.45) is 5.92 Å². The summed E-state index contributed by atoms with van der Waals surface area (Å²) in [5.41, 5.74) is -0.301. The van der Waals surface area contributed by atoms with Gasteiger partial charge in [0, 0.05) is 26.6 Å². The van der Waals surface area contributed by atoms with Crippen LogP contribution in [0.4, 0.5) is 0 Å². The van der Waals surface area contributed by atoms with Crippen molar-refractivity contribution in [2.45, 2.75) is 31.9 Å². The first kappa shape index (κ1) is 18.2. The number of hydrogen-bond donors (Lipinski definition) is 1. The molecule has 1 atom stereocenters. The summed E-state index contributed by atoms with van der Waals surface area (Å²) < 4.78 is 10.9. The molecule has 0 aromatic heterocycles. The molecule has 23 heavy (non-hydrogen) atoms. The number of carbonyl (C=O) groups is 2.